The van der Waals surface area contributed by atoms with Crippen molar-refractivity contribution in [3.05, 3.63) is 30.0 Å². The van der Waals surface area contributed by atoms with Gasteiger partial charge >= 0.3 is 0 Å². The molecule has 1 N–H and O–H groups in total. The second-order valence-electron chi connectivity index (χ2n) is 3.31. The molecular weight excluding hydrogens is 198 g/mol. The summed E-state index contributed by atoms with van der Waals surface area (Å²) in [6, 6.07) is 7.30. The first-order valence-electron chi connectivity index (χ1n) is 4.26. The number of hydrogen-bond donors (Lipinski definition) is 1. The maximum Gasteiger partial charge on any atom is 0.186 e. The summed E-state index contributed by atoms with van der Waals surface area (Å²) in [6.45, 7) is 2.01. The maximum atomic E-state index is 10.8. The maximum absolute atomic E-state index is 10.8. The molecule has 14 heavy (non-hydrogen) atoms. The Labute approximate surface area is 84.6 Å². The molecule has 0 radical (unpaired) electrons. The molecular formula is C10H11NO2S. The molecule has 0 bridgehead atoms. The van der Waals surface area contributed by atoms with Crippen molar-refractivity contribution in [2.45, 2.75) is 11.8 Å². The molecule has 0 aliphatic carbocycles. The Morgan fingerprint density at radius 1 is 1.36 bits per heavy atom. The molecule has 4 heteroatoms. The quantitative estimate of drug-likeness (QED) is 0.730. The zero-order valence-electron chi connectivity index (χ0n) is 8.02. The van der Waals surface area contributed by atoms with Crippen LogP contribution in [0.3, 0.4) is 0 Å². The number of nitrogens with zero attached hydrogens (tertiary/aromatic N) is 1. The average molecular weight is 209 g/mol. The highest BCUT2D eigenvalue weighted by atomic mass is 32.2. The van der Waals surface area contributed by atoms with Gasteiger partial charge < -0.3 is 9.12 Å². The van der Waals surface area contributed by atoms with Gasteiger partial charge in [0.05, 0.1) is 4.90 Å². The van der Waals surface area contributed by atoms with Gasteiger partial charge in [-0.15, -0.1) is 0 Å². The topological polar surface area (TPSA) is 42.2 Å². The first kappa shape index (κ1) is 9.43. The molecule has 1 unspecified atom stereocenters. The molecule has 74 valence electrons. The van der Waals surface area contributed by atoms with Crippen LogP contribution in [-0.2, 0) is 18.1 Å². The van der Waals surface area contributed by atoms with Gasteiger partial charge in [-0.05, 0) is 31.2 Å². The van der Waals surface area contributed by atoms with Crippen molar-refractivity contribution in [3.63, 3.8) is 0 Å². The Bertz CT molecular complexity index is 516. The number of hydrogen-bond acceptors (Lipinski definition) is 1. The minimum atomic E-state index is -1.89. The number of aromatic nitrogens is 1. The Morgan fingerprint density at radius 2 is 2.07 bits per heavy atom. The first-order chi connectivity index (χ1) is 6.59. The van der Waals surface area contributed by atoms with Crippen molar-refractivity contribution in [2.24, 2.45) is 7.05 Å². The SMILES string of the molecule is Cc1cc2cc(S(=O)O)ccc2n1C. The van der Waals surface area contributed by atoms with E-state index in [0.29, 0.717) is 4.90 Å². The monoisotopic (exact) mass is 209 g/mol. The van der Waals surface area contributed by atoms with Crippen LogP contribution in [0.2, 0.25) is 0 Å². The molecule has 2 rings (SSSR count). The smallest absolute Gasteiger partial charge is 0.186 e. The molecule has 2 aromatic rings. The van der Waals surface area contributed by atoms with Crippen LogP contribution in [0.4, 0.5) is 0 Å². The van der Waals surface area contributed by atoms with Gasteiger partial charge in [0, 0.05) is 23.6 Å². The molecule has 0 saturated heterocycles. The minimum Gasteiger partial charge on any atom is -0.348 e. The van der Waals surface area contributed by atoms with Gasteiger partial charge in [0.2, 0.25) is 0 Å². The van der Waals surface area contributed by atoms with E-state index in [2.05, 4.69) is 4.57 Å². The third-order valence-corrected chi connectivity index (χ3v) is 3.11. The summed E-state index contributed by atoms with van der Waals surface area (Å²) in [6.07, 6.45) is 0. The van der Waals surface area contributed by atoms with Gasteiger partial charge in [-0.2, -0.15) is 0 Å². The predicted molar refractivity (Wildman–Crippen MR) is 56.7 cm³/mol. The first-order valence-corrected chi connectivity index (χ1v) is 5.37. The number of rotatable bonds is 1. The highest BCUT2D eigenvalue weighted by molar-refractivity contribution is 7.79. The fourth-order valence-corrected chi connectivity index (χ4v) is 1.99. The summed E-state index contributed by atoms with van der Waals surface area (Å²) < 4.78 is 21.8. The second-order valence-corrected chi connectivity index (χ2v) is 4.28. The van der Waals surface area contributed by atoms with E-state index in [1.807, 2.05) is 26.1 Å². The van der Waals surface area contributed by atoms with Gasteiger partial charge in [0.1, 0.15) is 0 Å². The molecule has 1 aromatic carbocycles. The van der Waals surface area contributed by atoms with Crippen LogP contribution in [0.5, 0.6) is 0 Å². The van der Waals surface area contributed by atoms with Crippen molar-refractivity contribution in [2.75, 3.05) is 0 Å². The van der Waals surface area contributed by atoms with E-state index in [0.717, 1.165) is 16.6 Å². The fourth-order valence-electron chi connectivity index (χ4n) is 1.57. The molecule has 0 amide bonds. The lowest BCUT2D eigenvalue weighted by Gasteiger charge is -1.99. The molecule has 0 aliphatic heterocycles. The Balaban J connectivity index is 2.73. The minimum absolute atomic E-state index is 0.447. The summed E-state index contributed by atoms with van der Waals surface area (Å²) in [5.41, 5.74) is 2.22. The fraction of sp³-hybridized carbons (Fsp3) is 0.200. The van der Waals surface area contributed by atoms with Crippen LogP contribution in [0, 0.1) is 6.92 Å². The van der Waals surface area contributed by atoms with Gasteiger partial charge in [-0.3, -0.25) is 0 Å². The highest BCUT2D eigenvalue weighted by Crippen LogP contribution is 2.20. The van der Waals surface area contributed by atoms with Crippen LogP contribution in [0.25, 0.3) is 10.9 Å². The summed E-state index contributed by atoms with van der Waals surface area (Å²) in [7, 11) is 1.98. The Hall–Kier alpha value is -1.13. The van der Waals surface area contributed by atoms with E-state index in [1.165, 1.54) is 0 Å². The largest absolute Gasteiger partial charge is 0.348 e. The Kier molecular flexibility index (Phi) is 2.17. The summed E-state index contributed by atoms with van der Waals surface area (Å²) in [5, 5.41) is 1.00. The van der Waals surface area contributed by atoms with E-state index in [-0.39, 0.29) is 0 Å². The lowest BCUT2D eigenvalue weighted by Crippen LogP contribution is -1.90. The number of benzene rings is 1. The van der Waals surface area contributed by atoms with Crippen molar-refractivity contribution < 1.29 is 8.76 Å². The van der Waals surface area contributed by atoms with E-state index in [1.54, 1.807) is 12.1 Å². The summed E-state index contributed by atoms with van der Waals surface area (Å²) in [5.74, 6) is 0. The number of fused-ring (bicyclic) bond motifs is 1. The van der Waals surface area contributed by atoms with Crippen molar-refractivity contribution in [1.29, 1.82) is 0 Å². The Morgan fingerprint density at radius 3 is 2.71 bits per heavy atom. The molecule has 1 heterocycles. The van der Waals surface area contributed by atoms with Crippen LogP contribution in [0.15, 0.2) is 29.2 Å². The molecule has 0 saturated carbocycles. The highest BCUT2D eigenvalue weighted by Gasteiger charge is 2.05. The molecule has 0 spiro atoms. The summed E-state index contributed by atoms with van der Waals surface area (Å²) >= 11 is -1.89. The van der Waals surface area contributed by atoms with Gasteiger partial charge in [-0.1, -0.05) is 0 Å². The third-order valence-electron chi connectivity index (χ3n) is 2.46. The van der Waals surface area contributed by atoms with Crippen molar-refractivity contribution >= 4 is 22.0 Å². The normalized spacial score (nSPS) is 13.4. The van der Waals surface area contributed by atoms with E-state index in [9.17, 15) is 4.21 Å². The van der Waals surface area contributed by atoms with Crippen molar-refractivity contribution in [3.8, 4) is 0 Å². The summed E-state index contributed by atoms with van der Waals surface area (Å²) in [4.78, 5) is 0.447. The van der Waals surface area contributed by atoms with E-state index >= 15 is 0 Å². The predicted octanol–water partition coefficient (Wildman–Crippen LogP) is 2.07. The van der Waals surface area contributed by atoms with Crippen LogP contribution >= 0.6 is 0 Å². The van der Waals surface area contributed by atoms with Crippen LogP contribution in [-0.4, -0.2) is 13.3 Å². The molecule has 0 fully saturated rings. The van der Waals surface area contributed by atoms with Gasteiger partial charge in [0.25, 0.3) is 0 Å². The number of aryl methyl sites for hydroxylation is 2. The van der Waals surface area contributed by atoms with Crippen LogP contribution in [0.1, 0.15) is 5.69 Å². The van der Waals surface area contributed by atoms with Gasteiger partial charge in [-0.25, -0.2) is 4.21 Å². The molecule has 1 aromatic heterocycles. The lowest BCUT2D eigenvalue weighted by atomic mass is 10.2. The molecule has 1 atom stereocenters. The average Bonchev–Trinajstić information content (AvgIpc) is 2.42. The molecule has 0 aliphatic rings. The zero-order chi connectivity index (χ0) is 10.3. The van der Waals surface area contributed by atoms with E-state index < -0.39 is 11.1 Å². The van der Waals surface area contributed by atoms with Crippen molar-refractivity contribution in [1.82, 2.24) is 4.57 Å². The van der Waals surface area contributed by atoms with Crippen LogP contribution < -0.4 is 0 Å². The standard InChI is InChI=1S/C10H11NO2S/c1-7-5-8-6-9(14(12)13)3-4-10(8)11(7)2/h3-6H,1-2H3,(H,12,13). The van der Waals surface area contributed by atoms with Gasteiger partial charge in [0.15, 0.2) is 11.1 Å². The lowest BCUT2D eigenvalue weighted by molar-refractivity contribution is 0.564. The third kappa shape index (κ3) is 1.36. The molecule has 3 nitrogen and oxygen atoms in total. The second kappa shape index (κ2) is 3.22. The van der Waals surface area contributed by atoms with E-state index in [4.69, 9.17) is 4.55 Å². The zero-order valence-corrected chi connectivity index (χ0v) is 8.84.